The van der Waals surface area contributed by atoms with Crippen molar-refractivity contribution in [1.82, 2.24) is 14.9 Å². The SMILES string of the molecule is CC(NC(=O)c1cccn1CC(=O)O)c1nccs1. The molecule has 0 aliphatic carbocycles. The molecule has 0 aliphatic rings. The van der Waals surface area contributed by atoms with E-state index in [1.165, 1.54) is 15.9 Å². The van der Waals surface area contributed by atoms with Crippen molar-refractivity contribution in [3.63, 3.8) is 0 Å². The van der Waals surface area contributed by atoms with Crippen LogP contribution >= 0.6 is 11.3 Å². The number of carbonyl (C=O) groups is 2. The molecule has 1 atom stereocenters. The van der Waals surface area contributed by atoms with Gasteiger partial charge in [-0.25, -0.2) is 4.98 Å². The number of carboxylic acids is 1. The smallest absolute Gasteiger partial charge is 0.323 e. The van der Waals surface area contributed by atoms with E-state index >= 15 is 0 Å². The highest BCUT2D eigenvalue weighted by molar-refractivity contribution is 7.09. The molecule has 0 saturated heterocycles. The van der Waals surface area contributed by atoms with Crippen molar-refractivity contribution in [2.45, 2.75) is 19.5 Å². The summed E-state index contributed by atoms with van der Waals surface area (Å²) in [7, 11) is 0. The van der Waals surface area contributed by atoms with Crippen LogP contribution in [-0.2, 0) is 11.3 Å². The molecule has 2 aromatic rings. The molecule has 0 radical (unpaired) electrons. The third-order valence-electron chi connectivity index (χ3n) is 2.54. The Kier molecular flexibility index (Phi) is 3.96. The van der Waals surface area contributed by atoms with Gasteiger partial charge < -0.3 is 15.0 Å². The minimum absolute atomic E-state index is 0.208. The zero-order valence-electron chi connectivity index (χ0n) is 10.2. The van der Waals surface area contributed by atoms with E-state index in [1.807, 2.05) is 12.3 Å². The number of aliphatic carboxylic acids is 1. The van der Waals surface area contributed by atoms with E-state index in [2.05, 4.69) is 10.3 Å². The molecule has 0 fully saturated rings. The summed E-state index contributed by atoms with van der Waals surface area (Å²) in [4.78, 5) is 26.9. The molecule has 6 nitrogen and oxygen atoms in total. The number of rotatable bonds is 5. The maximum absolute atomic E-state index is 12.1. The second-order valence-electron chi connectivity index (χ2n) is 3.98. The van der Waals surface area contributed by atoms with Gasteiger partial charge in [0.15, 0.2) is 0 Å². The fourth-order valence-corrected chi connectivity index (χ4v) is 2.33. The molecule has 1 unspecified atom stereocenters. The molecule has 19 heavy (non-hydrogen) atoms. The topological polar surface area (TPSA) is 84.2 Å². The normalized spacial score (nSPS) is 12.1. The van der Waals surface area contributed by atoms with Crippen molar-refractivity contribution in [2.24, 2.45) is 0 Å². The van der Waals surface area contributed by atoms with Crippen LogP contribution in [0.2, 0.25) is 0 Å². The van der Waals surface area contributed by atoms with E-state index in [9.17, 15) is 9.59 Å². The number of thiazole rings is 1. The average molecular weight is 279 g/mol. The van der Waals surface area contributed by atoms with Crippen molar-refractivity contribution in [3.8, 4) is 0 Å². The molecule has 0 aliphatic heterocycles. The Balaban J connectivity index is 2.08. The van der Waals surface area contributed by atoms with Crippen LogP contribution < -0.4 is 5.32 Å². The Morgan fingerprint density at radius 1 is 1.58 bits per heavy atom. The molecule has 100 valence electrons. The van der Waals surface area contributed by atoms with Crippen LogP contribution in [0.3, 0.4) is 0 Å². The molecule has 2 rings (SSSR count). The summed E-state index contributed by atoms with van der Waals surface area (Å²) in [6.45, 7) is 1.60. The van der Waals surface area contributed by atoms with Crippen LogP contribution in [-0.4, -0.2) is 26.5 Å². The number of aromatic nitrogens is 2. The molecule has 2 heterocycles. The summed E-state index contributed by atoms with van der Waals surface area (Å²) < 4.78 is 1.40. The van der Waals surface area contributed by atoms with Gasteiger partial charge in [-0.1, -0.05) is 0 Å². The lowest BCUT2D eigenvalue weighted by Crippen LogP contribution is -2.29. The van der Waals surface area contributed by atoms with Crippen LogP contribution in [0.5, 0.6) is 0 Å². The maximum Gasteiger partial charge on any atom is 0.323 e. The molecule has 0 spiro atoms. The van der Waals surface area contributed by atoms with Crippen LogP contribution in [0, 0.1) is 0 Å². The van der Waals surface area contributed by atoms with Gasteiger partial charge in [0.05, 0.1) is 6.04 Å². The molecule has 0 saturated carbocycles. The van der Waals surface area contributed by atoms with Gasteiger partial charge in [-0.3, -0.25) is 9.59 Å². The van der Waals surface area contributed by atoms with Gasteiger partial charge in [0, 0.05) is 17.8 Å². The van der Waals surface area contributed by atoms with Gasteiger partial charge in [-0.15, -0.1) is 11.3 Å². The Hall–Kier alpha value is -2.15. The maximum atomic E-state index is 12.1. The van der Waals surface area contributed by atoms with Gasteiger partial charge in [0.1, 0.15) is 17.2 Å². The predicted molar refractivity (Wildman–Crippen MR) is 70.1 cm³/mol. The number of carboxylic acid groups (broad SMARTS) is 1. The van der Waals surface area contributed by atoms with Gasteiger partial charge in [-0.2, -0.15) is 0 Å². The molecule has 1 amide bonds. The first-order valence-corrected chi connectivity index (χ1v) is 6.53. The second kappa shape index (κ2) is 5.66. The predicted octanol–water partition coefficient (Wildman–Crippen LogP) is 1.52. The van der Waals surface area contributed by atoms with E-state index in [1.54, 1.807) is 24.5 Å². The van der Waals surface area contributed by atoms with E-state index in [-0.39, 0.29) is 18.5 Å². The second-order valence-corrected chi connectivity index (χ2v) is 4.91. The Morgan fingerprint density at radius 2 is 2.37 bits per heavy atom. The van der Waals surface area contributed by atoms with Crippen LogP contribution in [0.1, 0.15) is 28.5 Å². The molecular weight excluding hydrogens is 266 g/mol. The summed E-state index contributed by atoms with van der Waals surface area (Å²) >= 11 is 1.46. The molecule has 7 heteroatoms. The zero-order chi connectivity index (χ0) is 13.8. The Bertz CT molecular complexity index is 577. The van der Waals surface area contributed by atoms with E-state index < -0.39 is 5.97 Å². The first-order chi connectivity index (χ1) is 9.08. The summed E-state index contributed by atoms with van der Waals surface area (Å²) in [6.07, 6.45) is 3.24. The van der Waals surface area contributed by atoms with E-state index in [4.69, 9.17) is 5.11 Å². The lowest BCUT2D eigenvalue weighted by molar-refractivity contribution is -0.137. The number of hydrogen-bond donors (Lipinski definition) is 2. The minimum Gasteiger partial charge on any atom is -0.480 e. The standard InChI is InChI=1S/C12H13N3O3S/c1-8(12-13-4-6-19-12)14-11(18)9-3-2-5-15(9)7-10(16)17/h2-6,8H,7H2,1H3,(H,14,18)(H,16,17). The van der Waals surface area contributed by atoms with Gasteiger partial charge in [-0.05, 0) is 19.1 Å². The lowest BCUT2D eigenvalue weighted by atomic mass is 10.3. The first-order valence-electron chi connectivity index (χ1n) is 5.65. The van der Waals surface area contributed by atoms with Crippen molar-refractivity contribution in [3.05, 3.63) is 40.6 Å². The zero-order valence-corrected chi connectivity index (χ0v) is 11.1. The summed E-state index contributed by atoms with van der Waals surface area (Å²) in [5.74, 6) is -1.30. The van der Waals surface area contributed by atoms with Gasteiger partial charge >= 0.3 is 5.97 Å². The molecule has 0 bridgehead atoms. The minimum atomic E-state index is -0.988. The van der Waals surface area contributed by atoms with Crippen LogP contribution in [0.15, 0.2) is 29.9 Å². The fourth-order valence-electron chi connectivity index (χ4n) is 1.68. The highest BCUT2D eigenvalue weighted by Gasteiger charge is 2.16. The van der Waals surface area contributed by atoms with Crippen molar-refractivity contribution in [1.29, 1.82) is 0 Å². The molecule has 0 aromatic carbocycles. The Labute approximate surface area is 113 Å². The third-order valence-corrected chi connectivity index (χ3v) is 3.50. The fraction of sp³-hybridized carbons (Fsp3) is 0.250. The molecule has 2 N–H and O–H groups in total. The van der Waals surface area contributed by atoms with Crippen molar-refractivity contribution in [2.75, 3.05) is 0 Å². The quantitative estimate of drug-likeness (QED) is 0.869. The third kappa shape index (κ3) is 3.19. The van der Waals surface area contributed by atoms with Crippen LogP contribution in [0.4, 0.5) is 0 Å². The highest BCUT2D eigenvalue weighted by Crippen LogP contribution is 2.15. The first kappa shape index (κ1) is 13.3. The molecular formula is C12H13N3O3S. The summed E-state index contributed by atoms with van der Waals surface area (Å²) in [6, 6.07) is 3.03. The van der Waals surface area contributed by atoms with E-state index in [0.29, 0.717) is 5.69 Å². The van der Waals surface area contributed by atoms with E-state index in [0.717, 1.165) is 5.01 Å². The number of hydrogen-bond acceptors (Lipinski definition) is 4. The average Bonchev–Trinajstić information content (AvgIpc) is 2.97. The monoisotopic (exact) mass is 279 g/mol. The largest absolute Gasteiger partial charge is 0.480 e. The number of carbonyl (C=O) groups excluding carboxylic acids is 1. The number of amides is 1. The summed E-state index contributed by atoms with van der Waals surface area (Å²) in [5.41, 5.74) is 0.325. The Morgan fingerprint density at radius 3 is 3.00 bits per heavy atom. The molecule has 2 aromatic heterocycles. The number of nitrogens with zero attached hydrogens (tertiary/aromatic N) is 2. The summed E-state index contributed by atoms with van der Waals surface area (Å²) in [5, 5.41) is 14.2. The van der Waals surface area contributed by atoms with Crippen molar-refractivity contribution >= 4 is 23.2 Å². The number of nitrogens with one attached hydrogen (secondary N) is 1. The van der Waals surface area contributed by atoms with Gasteiger partial charge in [0.25, 0.3) is 5.91 Å². The van der Waals surface area contributed by atoms with Crippen molar-refractivity contribution < 1.29 is 14.7 Å². The lowest BCUT2D eigenvalue weighted by Gasteiger charge is -2.12. The highest BCUT2D eigenvalue weighted by atomic mass is 32.1. The van der Waals surface area contributed by atoms with Gasteiger partial charge in [0.2, 0.25) is 0 Å². The van der Waals surface area contributed by atoms with Crippen LogP contribution in [0.25, 0.3) is 0 Å².